The number of para-hydroxylation sites is 1. The van der Waals surface area contributed by atoms with Crippen LogP contribution in [0.25, 0.3) is 0 Å². The molecule has 0 saturated carbocycles. The van der Waals surface area contributed by atoms with Crippen LogP contribution in [0.15, 0.2) is 42.5 Å². The Morgan fingerprint density at radius 1 is 0.962 bits per heavy atom. The van der Waals surface area contributed by atoms with Crippen molar-refractivity contribution in [2.24, 2.45) is 0 Å². The summed E-state index contributed by atoms with van der Waals surface area (Å²) in [6, 6.07) is 12.5. The lowest BCUT2D eigenvalue weighted by Crippen LogP contribution is -2.36. The lowest BCUT2D eigenvalue weighted by Gasteiger charge is -2.17. The number of nitrogens with zero attached hydrogens (tertiary/aromatic N) is 1. The fraction of sp³-hybridized carbons (Fsp3) is 0.263. The molecule has 0 unspecified atom stereocenters. The number of benzene rings is 2. The SMILES string of the molecule is CCc1ccccc1NC(=O)CN(C)CC(=O)Nc1ccc(Cl)c(Cl)c1. The minimum absolute atomic E-state index is 0.0725. The Morgan fingerprint density at radius 2 is 1.62 bits per heavy atom. The minimum Gasteiger partial charge on any atom is -0.325 e. The van der Waals surface area contributed by atoms with E-state index in [0.717, 1.165) is 17.7 Å². The summed E-state index contributed by atoms with van der Waals surface area (Å²) in [6.07, 6.45) is 0.832. The van der Waals surface area contributed by atoms with E-state index < -0.39 is 0 Å². The van der Waals surface area contributed by atoms with Gasteiger partial charge in [0, 0.05) is 11.4 Å². The molecule has 5 nitrogen and oxygen atoms in total. The third-order valence-corrected chi connectivity index (χ3v) is 4.44. The predicted octanol–water partition coefficient (Wildman–Crippen LogP) is 4.06. The zero-order chi connectivity index (χ0) is 19.1. The van der Waals surface area contributed by atoms with E-state index in [-0.39, 0.29) is 24.9 Å². The first-order valence-corrected chi connectivity index (χ1v) is 8.95. The number of hydrogen-bond acceptors (Lipinski definition) is 3. The maximum absolute atomic E-state index is 12.2. The highest BCUT2D eigenvalue weighted by atomic mass is 35.5. The molecule has 2 N–H and O–H groups in total. The van der Waals surface area contributed by atoms with Crippen LogP contribution in [0.1, 0.15) is 12.5 Å². The van der Waals surface area contributed by atoms with E-state index in [2.05, 4.69) is 10.6 Å². The van der Waals surface area contributed by atoms with E-state index >= 15 is 0 Å². The quantitative estimate of drug-likeness (QED) is 0.745. The van der Waals surface area contributed by atoms with Crippen LogP contribution >= 0.6 is 23.2 Å². The molecule has 0 aliphatic heterocycles. The van der Waals surface area contributed by atoms with Gasteiger partial charge in [-0.25, -0.2) is 0 Å². The Bertz CT molecular complexity index is 796. The van der Waals surface area contributed by atoms with Crippen LogP contribution in [-0.2, 0) is 16.0 Å². The second-order valence-corrected chi connectivity index (χ2v) is 6.72. The summed E-state index contributed by atoms with van der Waals surface area (Å²) < 4.78 is 0. The monoisotopic (exact) mass is 393 g/mol. The first-order chi connectivity index (χ1) is 12.4. The van der Waals surface area contributed by atoms with E-state index in [0.29, 0.717) is 15.7 Å². The maximum Gasteiger partial charge on any atom is 0.238 e. The molecule has 0 aliphatic carbocycles. The zero-order valence-corrected chi connectivity index (χ0v) is 16.2. The Morgan fingerprint density at radius 3 is 2.27 bits per heavy atom. The van der Waals surface area contributed by atoms with Crippen molar-refractivity contribution in [1.29, 1.82) is 0 Å². The van der Waals surface area contributed by atoms with E-state index in [1.807, 2.05) is 31.2 Å². The highest BCUT2D eigenvalue weighted by Crippen LogP contribution is 2.24. The van der Waals surface area contributed by atoms with Crippen LogP contribution in [0.2, 0.25) is 10.0 Å². The number of anilines is 2. The van der Waals surface area contributed by atoms with Crippen LogP contribution in [0, 0.1) is 0 Å². The number of nitrogens with one attached hydrogen (secondary N) is 2. The van der Waals surface area contributed by atoms with Crippen molar-refractivity contribution in [2.75, 3.05) is 30.8 Å². The fourth-order valence-electron chi connectivity index (χ4n) is 2.46. The third kappa shape index (κ3) is 6.02. The summed E-state index contributed by atoms with van der Waals surface area (Å²) in [7, 11) is 1.71. The molecule has 0 fully saturated rings. The molecule has 2 aromatic carbocycles. The number of carbonyl (C=O) groups excluding carboxylic acids is 2. The van der Waals surface area contributed by atoms with Gasteiger partial charge in [0.15, 0.2) is 0 Å². The number of halogens is 2. The molecule has 0 spiro atoms. The molecular formula is C19H21Cl2N3O2. The summed E-state index contributed by atoms with van der Waals surface area (Å²) in [4.78, 5) is 25.9. The summed E-state index contributed by atoms with van der Waals surface area (Å²) >= 11 is 11.8. The second-order valence-electron chi connectivity index (χ2n) is 5.91. The highest BCUT2D eigenvalue weighted by molar-refractivity contribution is 6.42. The number of aryl methyl sites for hydroxylation is 1. The number of hydrogen-bond donors (Lipinski definition) is 2. The second kappa shape index (κ2) is 9.57. The van der Waals surface area contributed by atoms with Gasteiger partial charge in [0.25, 0.3) is 0 Å². The van der Waals surface area contributed by atoms with Gasteiger partial charge in [0.05, 0.1) is 23.1 Å². The van der Waals surface area contributed by atoms with Gasteiger partial charge in [-0.05, 0) is 43.3 Å². The number of carbonyl (C=O) groups is 2. The molecule has 2 aromatic rings. The van der Waals surface area contributed by atoms with Gasteiger partial charge in [-0.15, -0.1) is 0 Å². The molecule has 2 rings (SSSR count). The fourth-order valence-corrected chi connectivity index (χ4v) is 2.76. The molecule has 0 heterocycles. The van der Waals surface area contributed by atoms with Crippen molar-refractivity contribution in [2.45, 2.75) is 13.3 Å². The minimum atomic E-state index is -0.243. The average Bonchev–Trinajstić information content (AvgIpc) is 2.58. The van der Waals surface area contributed by atoms with Gasteiger partial charge in [-0.1, -0.05) is 48.3 Å². The van der Waals surface area contributed by atoms with Gasteiger partial charge >= 0.3 is 0 Å². The van der Waals surface area contributed by atoms with Gasteiger partial charge in [-0.2, -0.15) is 0 Å². The van der Waals surface area contributed by atoms with Crippen molar-refractivity contribution < 1.29 is 9.59 Å². The van der Waals surface area contributed by atoms with Gasteiger partial charge in [0.1, 0.15) is 0 Å². The summed E-state index contributed by atoms with van der Waals surface area (Å²) in [6.45, 7) is 2.21. The first-order valence-electron chi connectivity index (χ1n) is 8.20. The zero-order valence-electron chi connectivity index (χ0n) is 14.7. The highest BCUT2D eigenvalue weighted by Gasteiger charge is 2.12. The molecule has 0 saturated heterocycles. The van der Waals surface area contributed by atoms with E-state index in [1.54, 1.807) is 30.1 Å². The first kappa shape index (κ1) is 20.2. The van der Waals surface area contributed by atoms with E-state index in [4.69, 9.17) is 23.2 Å². The van der Waals surface area contributed by atoms with Gasteiger partial charge in [0.2, 0.25) is 11.8 Å². The smallest absolute Gasteiger partial charge is 0.238 e. The van der Waals surface area contributed by atoms with E-state index in [1.165, 1.54) is 0 Å². The van der Waals surface area contributed by atoms with Crippen molar-refractivity contribution in [3.05, 3.63) is 58.1 Å². The molecule has 26 heavy (non-hydrogen) atoms. The van der Waals surface area contributed by atoms with Gasteiger partial charge < -0.3 is 10.6 Å². The molecule has 2 amide bonds. The summed E-state index contributed by atoms with van der Waals surface area (Å²) in [5.41, 5.74) is 2.42. The average molecular weight is 394 g/mol. The largest absolute Gasteiger partial charge is 0.325 e. The van der Waals surface area contributed by atoms with Crippen LogP contribution in [0.4, 0.5) is 11.4 Å². The van der Waals surface area contributed by atoms with Gasteiger partial charge in [-0.3, -0.25) is 14.5 Å². The Kier molecular flexibility index (Phi) is 7.45. The molecular weight excluding hydrogens is 373 g/mol. The lowest BCUT2D eigenvalue weighted by atomic mass is 10.1. The van der Waals surface area contributed by atoms with Crippen LogP contribution in [-0.4, -0.2) is 36.9 Å². The summed E-state index contributed by atoms with van der Waals surface area (Å²) in [5.74, 6) is -0.414. The molecule has 138 valence electrons. The maximum atomic E-state index is 12.2. The molecule has 7 heteroatoms. The van der Waals surface area contributed by atoms with Crippen molar-refractivity contribution in [1.82, 2.24) is 4.90 Å². The Balaban J connectivity index is 1.85. The van der Waals surface area contributed by atoms with Crippen LogP contribution < -0.4 is 10.6 Å². The number of rotatable bonds is 7. The Hall–Kier alpha value is -2.08. The number of amides is 2. The van der Waals surface area contributed by atoms with Crippen molar-refractivity contribution in [3.8, 4) is 0 Å². The standard InChI is InChI=1S/C19H21Cl2N3O2/c1-3-13-6-4-5-7-17(13)23-19(26)12-24(2)11-18(25)22-14-8-9-15(20)16(21)10-14/h4-10H,3,11-12H2,1-2H3,(H,22,25)(H,23,26). The molecule has 0 bridgehead atoms. The normalized spacial score (nSPS) is 10.7. The van der Waals surface area contributed by atoms with Crippen LogP contribution in [0.3, 0.4) is 0 Å². The number of likely N-dealkylation sites (N-methyl/N-ethyl adjacent to an activating group) is 1. The molecule has 0 radical (unpaired) electrons. The lowest BCUT2D eigenvalue weighted by molar-refractivity contribution is -0.119. The molecule has 0 atom stereocenters. The van der Waals surface area contributed by atoms with Crippen molar-refractivity contribution in [3.63, 3.8) is 0 Å². The van der Waals surface area contributed by atoms with Crippen LogP contribution in [0.5, 0.6) is 0 Å². The Labute approximate surface area is 163 Å². The van der Waals surface area contributed by atoms with Crippen molar-refractivity contribution >= 4 is 46.4 Å². The van der Waals surface area contributed by atoms with E-state index in [9.17, 15) is 9.59 Å². The summed E-state index contributed by atoms with van der Waals surface area (Å²) in [5, 5.41) is 6.40. The third-order valence-electron chi connectivity index (χ3n) is 3.70. The topological polar surface area (TPSA) is 61.4 Å². The molecule has 0 aliphatic rings. The molecule has 0 aromatic heterocycles. The predicted molar refractivity (Wildman–Crippen MR) is 107 cm³/mol.